The number of ether oxygens (including phenoxy) is 2. The van der Waals surface area contributed by atoms with Gasteiger partial charge >= 0.3 is 5.97 Å². The molecule has 0 radical (unpaired) electrons. The van der Waals surface area contributed by atoms with Gasteiger partial charge in [-0.25, -0.2) is 0 Å². The van der Waals surface area contributed by atoms with E-state index in [2.05, 4.69) is 17.9 Å². The van der Waals surface area contributed by atoms with E-state index >= 15 is 0 Å². The van der Waals surface area contributed by atoms with Crippen LogP contribution in [0.25, 0.3) is 0 Å². The molecule has 22 heavy (non-hydrogen) atoms. The van der Waals surface area contributed by atoms with Crippen molar-refractivity contribution in [1.82, 2.24) is 5.32 Å². The number of esters is 1. The summed E-state index contributed by atoms with van der Waals surface area (Å²) >= 11 is 3.97. The van der Waals surface area contributed by atoms with E-state index in [9.17, 15) is 14.7 Å². The minimum Gasteiger partial charge on any atom is -0.460 e. The highest BCUT2D eigenvalue weighted by molar-refractivity contribution is 7.80. The Morgan fingerprint density at radius 1 is 1.27 bits per heavy atom. The number of amides is 1. The van der Waals surface area contributed by atoms with Crippen molar-refractivity contribution in [2.24, 2.45) is 5.92 Å². The fraction of sp³-hybridized carbons (Fsp3) is 0.857. The smallest absolute Gasteiger partial charge is 0.305 e. The zero-order valence-electron chi connectivity index (χ0n) is 13.2. The van der Waals surface area contributed by atoms with E-state index in [1.165, 1.54) is 0 Å². The van der Waals surface area contributed by atoms with Crippen LogP contribution in [0.2, 0.25) is 0 Å². The Hall–Kier alpha value is -0.830. The Labute approximate surface area is 136 Å². The van der Waals surface area contributed by atoms with Gasteiger partial charge < -0.3 is 25.0 Å². The van der Waals surface area contributed by atoms with Gasteiger partial charge in [0, 0.05) is 25.1 Å². The molecule has 0 aliphatic heterocycles. The molecule has 0 aliphatic rings. The third-order valence-electron chi connectivity index (χ3n) is 2.86. The molecule has 0 heterocycles. The summed E-state index contributed by atoms with van der Waals surface area (Å²) < 4.78 is 10.0. The molecule has 0 rings (SSSR count). The summed E-state index contributed by atoms with van der Waals surface area (Å²) in [6.45, 7) is 3.67. The van der Waals surface area contributed by atoms with Crippen LogP contribution >= 0.6 is 12.6 Å². The lowest BCUT2D eigenvalue weighted by Gasteiger charge is -2.22. The molecular formula is C14H27NO6S. The van der Waals surface area contributed by atoms with Crippen molar-refractivity contribution in [2.75, 3.05) is 25.5 Å². The molecule has 1 amide bonds. The van der Waals surface area contributed by atoms with E-state index in [0.29, 0.717) is 18.7 Å². The zero-order chi connectivity index (χ0) is 17.0. The van der Waals surface area contributed by atoms with Gasteiger partial charge in [0.05, 0.1) is 12.7 Å². The first kappa shape index (κ1) is 21.2. The minimum atomic E-state index is -1.28. The minimum absolute atomic E-state index is 0.0334. The van der Waals surface area contributed by atoms with Crippen LogP contribution in [0.15, 0.2) is 0 Å². The van der Waals surface area contributed by atoms with Gasteiger partial charge in [-0.2, -0.15) is 12.6 Å². The van der Waals surface area contributed by atoms with E-state index < -0.39 is 18.4 Å². The van der Waals surface area contributed by atoms with Crippen molar-refractivity contribution < 1.29 is 29.3 Å². The summed E-state index contributed by atoms with van der Waals surface area (Å²) in [5.74, 6) is -0.0366. The first-order chi connectivity index (χ1) is 10.4. The predicted octanol–water partition coefficient (Wildman–Crippen LogP) is 0.0978. The van der Waals surface area contributed by atoms with Gasteiger partial charge in [0.25, 0.3) is 0 Å². The SMILES string of the molecule is CC(C)C(CO)OC(O)COC(=O)CCCC(=O)NCCS. The van der Waals surface area contributed by atoms with Crippen LogP contribution in [0.5, 0.6) is 0 Å². The van der Waals surface area contributed by atoms with Crippen LogP contribution < -0.4 is 5.32 Å². The van der Waals surface area contributed by atoms with Gasteiger partial charge in [0.1, 0.15) is 6.61 Å². The molecular weight excluding hydrogens is 310 g/mol. The number of aliphatic hydroxyl groups is 2. The second-order valence-electron chi connectivity index (χ2n) is 5.17. The molecule has 8 heteroatoms. The molecule has 3 N–H and O–H groups in total. The number of hydrogen-bond acceptors (Lipinski definition) is 7. The maximum atomic E-state index is 11.5. The second-order valence-corrected chi connectivity index (χ2v) is 5.61. The molecule has 0 bridgehead atoms. The van der Waals surface area contributed by atoms with Crippen molar-refractivity contribution in [2.45, 2.75) is 45.5 Å². The van der Waals surface area contributed by atoms with Crippen LogP contribution in [-0.2, 0) is 19.1 Å². The maximum Gasteiger partial charge on any atom is 0.305 e. The molecule has 7 nitrogen and oxygen atoms in total. The highest BCUT2D eigenvalue weighted by Crippen LogP contribution is 2.08. The van der Waals surface area contributed by atoms with Crippen LogP contribution in [0.3, 0.4) is 0 Å². The van der Waals surface area contributed by atoms with Gasteiger partial charge in [0.15, 0.2) is 6.29 Å². The van der Waals surface area contributed by atoms with Gasteiger partial charge in [0.2, 0.25) is 5.91 Å². The summed E-state index contributed by atoms with van der Waals surface area (Å²) in [5.41, 5.74) is 0. The average molecular weight is 337 g/mol. The van der Waals surface area contributed by atoms with Crippen LogP contribution in [-0.4, -0.2) is 60.0 Å². The predicted molar refractivity (Wildman–Crippen MR) is 84.5 cm³/mol. The summed E-state index contributed by atoms with van der Waals surface area (Å²) in [6.07, 6.45) is -1.08. The third kappa shape index (κ3) is 10.8. The van der Waals surface area contributed by atoms with Crippen molar-refractivity contribution in [1.29, 1.82) is 0 Å². The Bertz CT molecular complexity index is 326. The van der Waals surface area contributed by atoms with Gasteiger partial charge in [-0.15, -0.1) is 0 Å². The van der Waals surface area contributed by atoms with Gasteiger partial charge in [-0.1, -0.05) is 13.8 Å². The van der Waals surface area contributed by atoms with Crippen LogP contribution in [0, 0.1) is 5.92 Å². The molecule has 0 saturated carbocycles. The highest BCUT2D eigenvalue weighted by Gasteiger charge is 2.18. The topological polar surface area (TPSA) is 105 Å². The number of carbonyl (C=O) groups excluding carboxylic acids is 2. The van der Waals surface area contributed by atoms with E-state index in [-0.39, 0.29) is 37.9 Å². The van der Waals surface area contributed by atoms with Gasteiger partial charge in [-0.05, 0) is 12.3 Å². The molecule has 0 saturated heterocycles. The highest BCUT2D eigenvalue weighted by atomic mass is 32.1. The quantitative estimate of drug-likeness (QED) is 0.229. The molecule has 0 aromatic carbocycles. The lowest BCUT2D eigenvalue weighted by atomic mass is 10.1. The Morgan fingerprint density at radius 3 is 2.50 bits per heavy atom. The lowest BCUT2D eigenvalue weighted by molar-refractivity contribution is -0.190. The van der Waals surface area contributed by atoms with Crippen molar-refractivity contribution in [3.63, 3.8) is 0 Å². The zero-order valence-corrected chi connectivity index (χ0v) is 14.1. The molecule has 2 atom stereocenters. The van der Waals surface area contributed by atoms with Crippen molar-refractivity contribution in [3.05, 3.63) is 0 Å². The molecule has 0 aliphatic carbocycles. The molecule has 0 aromatic rings. The number of hydrogen-bond donors (Lipinski definition) is 4. The largest absolute Gasteiger partial charge is 0.460 e. The molecule has 0 fully saturated rings. The fourth-order valence-electron chi connectivity index (χ4n) is 1.57. The Balaban J connectivity index is 3.78. The standard InChI is InChI=1S/C14H27NO6S/c1-10(2)11(8-16)21-14(19)9-20-13(18)5-3-4-12(17)15-6-7-22/h10-11,14,16,19,22H,3-9H2,1-2H3,(H,15,17). The van der Waals surface area contributed by atoms with E-state index in [4.69, 9.17) is 14.6 Å². The van der Waals surface area contributed by atoms with E-state index in [1.54, 1.807) is 0 Å². The number of thiol groups is 1. The first-order valence-electron chi connectivity index (χ1n) is 7.38. The van der Waals surface area contributed by atoms with Crippen LogP contribution in [0.4, 0.5) is 0 Å². The fourth-order valence-corrected chi connectivity index (χ4v) is 1.68. The number of aliphatic hydroxyl groups excluding tert-OH is 2. The van der Waals surface area contributed by atoms with Crippen molar-refractivity contribution >= 4 is 24.5 Å². The lowest BCUT2D eigenvalue weighted by Crippen LogP contribution is -2.32. The Kier molecular flexibility index (Phi) is 12.2. The van der Waals surface area contributed by atoms with Crippen LogP contribution in [0.1, 0.15) is 33.1 Å². The molecule has 0 aromatic heterocycles. The monoisotopic (exact) mass is 337 g/mol. The molecule has 130 valence electrons. The molecule has 2 unspecified atom stereocenters. The third-order valence-corrected chi connectivity index (χ3v) is 3.08. The van der Waals surface area contributed by atoms with E-state index in [1.807, 2.05) is 13.8 Å². The Morgan fingerprint density at radius 2 is 1.95 bits per heavy atom. The number of carbonyl (C=O) groups is 2. The summed E-state index contributed by atoms with van der Waals surface area (Å²) in [4.78, 5) is 22.7. The average Bonchev–Trinajstić information content (AvgIpc) is 2.48. The normalized spacial score (nSPS) is 13.7. The number of nitrogens with one attached hydrogen (secondary N) is 1. The first-order valence-corrected chi connectivity index (χ1v) is 8.01. The second kappa shape index (κ2) is 12.7. The van der Waals surface area contributed by atoms with Crippen molar-refractivity contribution in [3.8, 4) is 0 Å². The summed E-state index contributed by atoms with van der Waals surface area (Å²) in [5, 5.41) is 21.3. The summed E-state index contributed by atoms with van der Waals surface area (Å²) in [7, 11) is 0. The number of rotatable bonds is 12. The maximum absolute atomic E-state index is 11.5. The summed E-state index contributed by atoms with van der Waals surface area (Å²) in [6, 6.07) is 0. The van der Waals surface area contributed by atoms with Gasteiger partial charge in [-0.3, -0.25) is 9.59 Å². The molecule has 0 spiro atoms. The van der Waals surface area contributed by atoms with E-state index in [0.717, 1.165) is 0 Å².